The van der Waals surface area contributed by atoms with Crippen LogP contribution in [0.1, 0.15) is 61.3 Å². The van der Waals surface area contributed by atoms with E-state index in [0.29, 0.717) is 12.1 Å². The van der Waals surface area contributed by atoms with Crippen LogP contribution in [0.3, 0.4) is 0 Å². The van der Waals surface area contributed by atoms with Gasteiger partial charge in [0.1, 0.15) is 11.4 Å². The molecule has 5 nitrogen and oxygen atoms in total. The molecule has 0 unspecified atom stereocenters. The minimum absolute atomic E-state index is 0.188. The molecule has 0 aliphatic heterocycles. The zero-order valence-corrected chi connectivity index (χ0v) is 19.1. The van der Waals surface area contributed by atoms with Crippen molar-refractivity contribution in [2.45, 2.75) is 52.4 Å². The van der Waals surface area contributed by atoms with Gasteiger partial charge in [0.05, 0.1) is 5.71 Å². The molecule has 1 N–H and O–H groups in total. The Bertz CT molecular complexity index is 1230. The summed E-state index contributed by atoms with van der Waals surface area (Å²) in [6.07, 6.45) is 8.75. The van der Waals surface area contributed by atoms with Gasteiger partial charge < -0.3 is 5.21 Å². The Morgan fingerprint density at radius 1 is 0.758 bits per heavy atom. The van der Waals surface area contributed by atoms with Crippen LogP contribution in [0.25, 0.3) is 0 Å². The highest BCUT2D eigenvalue weighted by Gasteiger charge is 2.08. The summed E-state index contributed by atoms with van der Waals surface area (Å²) in [5, 5.41) is 11.9. The lowest BCUT2D eigenvalue weighted by Crippen LogP contribution is -2.02. The number of oxime groups is 1. The summed E-state index contributed by atoms with van der Waals surface area (Å²) < 4.78 is 0. The molecule has 0 amide bonds. The van der Waals surface area contributed by atoms with E-state index in [1.54, 1.807) is 6.08 Å². The summed E-state index contributed by atoms with van der Waals surface area (Å²) in [6.45, 7) is 3.89. The quantitative estimate of drug-likeness (QED) is 0.353. The molecule has 0 aromatic carbocycles. The van der Waals surface area contributed by atoms with Crippen molar-refractivity contribution >= 4 is 11.5 Å². The van der Waals surface area contributed by atoms with Gasteiger partial charge in [-0.25, -0.2) is 9.97 Å². The summed E-state index contributed by atoms with van der Waals surface area (Å²) in [5.74, 6) is 12.3. The Balaban J connectivity index is 0.000000186. The molecule has 0 radical (unpaired) electrons. The smallest absolute Gasteiger partial charge is 0.156 e. The molecule has 0 saturated heterocycles. The average Bonchev–Trinajstić information content (AvgIpc) is 2.82. The topological polar surface area (TPSA) is 75.4 Å². The van der Waals surface area contributed by atoms with Gasteiger partial charge in [-0.3, -0.25) is 4.79 Å². The first-order valence-electron chi connectivity index (χ1n) is 11.1. The highest BCUT2D eigenvalue weighted by atomic mass is 16.4. The van der Waals surface area contributed by atoms with Gasteiger partial charge in [0.2, 0.25) is 0 Å². The van der Waals surface area contributed by atoms with E-state index in [1.807, 2.05) is 56.3 Å². The van der Waals surface area contributed by atoms with Crippen molar-refractivity contribution in [3.8, 4) is 23.7 Å². The van der Waals surface area contributed by atoms with E-state index in [1.165, 1.54) is 0 Å². The third-order valence-corrected chi connectivity index (χ3v) is 5.03. The maximum absolute atomic E-state index is 11.2. The van der Waals surface area contributed by atoms with Crippen LogP contribution >= 0.6 is 0 Å². The monoisotopic (exact) mass is 437 g/mol. The van der Waals surface area contributed by atoms with E-state index in [4.69, 9.17) is 5.21 Å². The van der Waals surface area contributed by atoms with E-state index >= 15 is 0 Å². The van der Waals surface area contributed by atoms with Gasteiger partial charge in [-0.2, -0.15) is 0 Å². The summed E-state index contributed by atoms with van der Waals surface area (Å²) in [4.78, 5) is 19.8. The second-order valence-corrected chi connectivity index (χ2v) is 7.93. The van der Waals surface area contributed by atoms with Crippen molar-refractivity contribution in [3.05, 3.63) is 82.5 Å². The highest BCUT2D eigenvalue weighted by molar-refractivity contribution is 5.96. The molecule has 2 aromatic rings. The fraction of sp³-hybridized carbons (Fsp3) is 0.286. The highest BCUT2D eigenvalue weighted by Crippen LogP contribution is 2.15. The van der Waals surface area contributed by atoms with Crippen LogP contribution in [-0.2, 0) is 4.79 Å². The van der Waals surface area contributed by atoms with Gasteiger partial charge in [0, 0.05) is 29.0 Å². The number of nitrogens with zero attached hydrogens (tertiary/aromatic N) is 3. The van der Waals surface area contributed by atoms with Gasteiger partial charge in [0.15, 0.2) is 5.78 Å². The minimum atomic E-state index is 0.188. The lowest BCUT2D eigenvalue weighted by atomic mass is 9.98. The number of rotatable bonds is 0. The maximum Gasteiger partial charge on any atom is 0.156 e. The second-order valence-electron chi connectivity index (χ2n) is 7.93. The van der Waals surface area contributed by atoms with E-state index in [0.717, 1.165) is 66.0 Å². The van der Waals surface area contributed by atoms with Crippen molar-refractivity contribution in [1.82, 2.24) is 9.97 Å². The number of hydrogen-bond donors (Lipinski definition) is 1. The lowest BCUT2D eigenvalue weighted by molar-refractivity contribution is -0.115. The van der Waals surface area contributed by atoms with Crippen LogP contribution in [0.5, 0.6) is 0 Å². The number of hydrogen-bond acceptors (Lipinski definition) is 5. The molecule has 166 valence electrons. The number of aromatic nitrogens is 2. The zero-order valence-electron chi connectivity index (χ0n) is 19.1. The minimum Gasteiger partial charge on any atom is -0.411 e. The summed E-state index contributed by atoms with van der Waals surface area (Å²) in [6, 6.07) is 11.5. The number of aryl methyl sites for hydroxylation is 2. The molecule has 2 aliphatic carbocycles. The summed E-state index contributed by atoms with van der Waals surface area (Å²) in [5.41, 5.74) is 6.11. The molecule has 0 saturated carbocycles. The molecular weight excluding hydrogens is 410 g/mol. The number of allylic oxidation sites excluding steroid dienone is 4. The SMILES string of the molecule is Cc1cccc(C#CC2=CC(=NO)CCC2)n1.Cc1cccc(C#CC2=CC(=O)CCC2)n1. The Morgan fingerprint density at radius 2 is 1.30 bits per heavy atom. The lowest BCUT2D eigenvalue weighted by Gasteiger charge is -2.07. The van der Waals surface area contributed by atoms with Crippen LogP contribution in [0, 0.1) is 37.5 Å². The molecule has 2 aliphatic rings. The first-order valence-corrected chi connectivity index (χ1v) is 11.1. The van der Waals surface area contributed by atoms with Crippen molar-refractivity contribution < 1.29 is 10.0 Å². The van der Waals surface area contributed by atoms with Crippen LogP contribution in [0.15, 0.2) is 64.9 Å². The number of carbonyl (C=O) groups is 1. The van der Waals surface area contributed by atoms with Gasteiger partial charge in [-0.05, 0) is 94.2 Å². The van der Waals surface area contributed by atoms with Crippen LogP contribution < -0.4 is 0 Å². The molecule has 2 aromatic heterocycles. The van der Waals surface area contributed by atoms with Crippen molar-refractivity contribution in [1.29, 1.82) is 0 Å². The maximum atomic E-state index is 11.2. The number of pyridine rings is 2. The van der Waals surface area contributed by atoms with Crippen molar-refractivity contribution in [3.63, 3.8) is 0 Å². The molecule has 0 fully saturated rings. The largest absolute Gasteiger partial charge is 0.411 e. The molecule has 0 bridgehead atoms. The van der Waals surface area contributed by atoms with Crippen molar-refractivity contribution in [2.75, 3.05) is 0 Å². The molecular formula is C28H27N3O2. The molecule has 0 atom stereocenters. The van der Waals surface area contributed by atoms with Crippen LogP contribution in [0.4, 0.5) is 0 Å². The van der Waals surface area contributed by atoms with E-state index in [-0.39, 0.29) is 5.78 Å². The van der Waals surface area contributed by atoms with E-state index < -0.39 is 0 Å². The van der Waals surface area contributed by atoms with Crippen LogP contribution in [0.2, 0.25) is 0 Å². The van der Waals surface area contributed by atoms with Gasteiger partial charge in [-0.15, -0.1) is 0 Å². The Kier molecular flexibility index (Phi) is 8.74. The third kappa shape index (κ3) is 8.24. The second kappa shape index (κ2) is 12.2. The normalized spacial score (nSPS) is 16.2. The Labute approximate surface area is 195 Å². The molecule has 2 heterocycles. The fourth-order valence-electron chi connectivity index (χ4n) is 3.39. The summed E-state index contributed by atoms with van der Waals surface area (Å²) >= 11 is 0. The average molecular weight is 438 g/mol. The first kappa shape index (κ1) is 23.7. The third-order valence-electron chi connectivity index (χ3n) is 5.03. The molecule has 4 rings (SSSR count). The van der Waals surface area contributed by atoms with E-state index in [9.17, 15) is 4.79 Å². The summed E-state index contributed by atoms with van der Waals surface area (Å²) in [7, 11) is 0. The molecule has 5 heteroatoms. The Hall–Kier alpha value is -3.96. The van der Waals surface area contributed by atoms with Crippen LogP contribution in [-0.4, -0.2) is 26.7 Å². The predicted octanol–water partition coefficient (Wildman–Crippen LogP) is 5.10. The number of carbonyl (C=O) groups excluding carboxylic acids is 1. The van der Waals surface area contributed by atoms with Gasteiger partial charge in [0.25, 0.3) is 0 Å². The first-order chi connectivity index (χ1) is 16.0. The van der Waals surface area contributed by atoms with Gasteiger partial charge >= 0.3 is 0 Å². The number of ketones is 1. The molecule has 33 heavy (non-hydrogen) atoms. The van der Waals surface area contributed by atoms with Gasteiger partial charge in [-0.1, -0.05) is 29.1 Å². The zero-order chi connectivity index (χ0) is 23.5. The van der Waals surface area contributed by atoms with Crippen molar-refractivity contribution in [2.24, 2.45) is 5.16 Å². The predicted molar refractivity (Wildman–Crippen MR) is 130 cm³/mol. The molecule has 0 spiro atoms. The van der Waals surface area contributed by atoms with E-state index in [2.05, 4.69) is 38.8 Å². The Morgan fingerprint density at radius 3 is 1.82 bits per heavy atom. The standard InChI is InChI=1S/C14H14N2O.C14H13NO/c1-11-4-2-6-13(15-11)9-8-12-5-3-7-14(10-12)16-17;1-11-4-2-6-13(15-11)9-8-12-5-3-7-14(16)10-12/h2,4,6,10,17H,3,5,7H2,1H3;2,4,6,10H,3,5,7H2,1H3. The fourth-order valence-corrected chi connectivity index (χ4v) is 3.39.